The van der Waals surface area contributed by atoms with Gasteiger partial charge in [-0.2, -0.15) is 12.6 Å². The second-order valence-electron chi connectivity index (χ2n) is 6.01. The maximum atomic E-state index is 12.3. The van der Waals surface area contributed by atoms with E-state index >= 15 is 0 Å². The molecule has 0 aliphatic heterocycles. The van der Waals surface area contributed by atoms with Gasteiger partial charge in [-0.1, -0.05) is 20.3 Å². The van der Waals surface area contributed by atoms with E-state index in [0.717, 1.165) is 0 Å². The van der Waals surface area contributed by atoms with E-state index in [1.807, 2.05) is 0 Å². The lowest BCUT2D eigenvalue weighted by Gasteiger charge is -2.25. The molecule has 0 bridgehead atoms. The second-order valence-corrected chi connectivity index (χ2v) is 6.37. The van der Waals surface area contributed by atoms with Gasteiger partial charge >= 0.3 is 5.97 Å². The second kappa shape index (κ2) is 12.1. The van der Waals surface area contributed by atoms with Crippen LogP contribution in [0.4, 0.5) is 0 Å². The number of rotatable bonds is 12. The number of aliphatic carboxylic acids is 1. The highest BCUT2D eigenvalue weighted by atomic mass is 32.1. The summed E-state index contributed by atoms with van der Waals surface area (Å²) in [5.41, 5.74) is 10.4. The molecule has 4 unspecified atom stereocenters. The van der Waals surface area contributed by atoms with Gasteiger partial charge in [0.05, 0.1) is 19.0 Å². The number of nitrogens with one attached hydrogen (secondary N) is 3. The third-order valence-corrected chi connectivity index (χ3v) is 4.16. The summed E-state index contributed by atoms with van der Waals surface area (Å²) in [6.45, 7) is 3.04. The Balaban J connectivity index is 4.83. The van der Waals surface area contributed by atoms with Crippen molar-refractivity contribution in [2.45, 2.75) is 44.8 Å². The molecule has 4 amide bonds. The van der Waals surface area contributed by atoms with Crippen molar-refractivity contribution >= 4 is 42.2 Å². The van der Waals surface area contributed by atoms with E-state index in [-0.39, 0.29) is 18.1 Å². The van der Waals surface area contributed by atoms with Crippen LogP contribution in [0.25, 0.3) is 0 Å². The van der Waals surface area contributed by atoms with Crippen LogP contribution < -0.4 is 27.4 Å². The molecule has 0 rings (SSSR count). The van der Waals surface area contributed by atoms with Gasteiger partial charge in [0, 0.05) is 5.75 Å². The highest BCUT2D eigenvalue weighted by Gasteiger charge is 2.29. The van der Waals surface area contributed by atoms with Crippen LogP contribution in [0.3, 0.4) is 0 Å². The molecule has 4 atom stereocenters. The monoisotopic (exact) mass is 405 g/mol. The molecule has 0 heterocycles. The topological polar surface area (TPSA) is 194 Å². The van der Waals surface area contributed by atoms with Gasteiger partial charge in [-0.3, -0.25) is 19.2 Å². The van der Waals surface area contributed by atoms with Crippen molar-refractivity contribution in [3.05, 3.63) is 0 Å². The van der Waals surface area contributed by atoms with Crippen LogP contribution in [0.1, 0.15) is 26.7 Å². The zero-order valence-corrected chi connectivity index (χ0v) is 16.1. The molecule has 0 saturated heterocycles. The Morgan fingerprint density at radius 2 is 1.70 bits per heavy atom. The number of primary amides is 1. The van der Waals surface area contributed by atoms with Crippen molar-refractivity contribution in [3.63, 3.8) is 0 Å². The summed E-state index contributed by atoms with van der Waals surface area (Å²) >= 11 is 3.87. The van der Waals surface area contributed by atoms with Crippen LogP contribution >= 0.6 is 12.6 Å². The van der Waals surface area contributed by atoms with E-state index in [4.69, 9.17) is 16.6 Å². The van der Waals surface area contributed by atoms with E-state index in [1.165, 1.54) is 0 Å². The maximum absolute atomic E-state index is 12.3. The van der Waals surface area contributed by atoms with E-state index in [9.17, 15) is 24.0 Å². The Bertz CT molecular complexity index is 573. The number of hydrogen-bond donors (Lipinski definition) is 7. The van der Waals surface area contributed by atoms with Gasteiger partial charge in [-0.15, -0.1) is 0 Å². The minimum absolute atomic E-state index is 0.115. The van der Waals surface area contributed by atoms with E-state index in [1.54, 1.807) is 13.8 Å². The summed E-state index contributed by atoms with van der Waals surface area (Å²) in [5.74, 6) is -4.50. The summed E-state index contributed by atoms with van der Waals surface area (Å²) in [6.07, 6.45) is 0.165. The van der Waals surface area contributed by atoms with E-state index in [2.05, 4.69) is 28.6 Å². The van der Waals surface area contributed by atoms with Gasteiger partial charge < -0.3 is 32.5 Å². The normalized spacial score (nSPS) is 15.0. The van der Waals surface area contributed by atoms with Crippen molar-refractivity contribution < 1.29 is 29.1 Å². The molecular formula is C15H27N5O6S. The average molecular weight is 405 g/mol. The van der Waals surface area contributed by atoms with Crippen LogP contribution in [-0.4, -0.2) is 65.1 Å². The zero-order chi connectivity index (χ0) is 21.1. The number of carboxylic acid groups (broad SMARTS) is 1. The first-order valence-corrected chi connectivity index (χ1v) is 8.91. The van der Waals surface area contributed by atoms with Gasteiger partial charge in [-0.05, 0) is 5.92 Å². The summed E-state index contributed by atoms with van der Waals surface area (Å²) in [5, 5.41) is 16.0. The molecule has 8 N–H and O–H groups in total. The van der Waals surface area contributed by atoms with E-state index < -0.39 is 54.3 Å². The predicted molar refractivity (Wildman–Crippen MR) is 99.6 cm³/mol. The largest absolute Gasteiger partial charge is 0.480 e. The summed E-state index contributed by atoms with van der Waals surface area (Å²) in [4.78, 5) is 57.8. The predicted octanol–water partition coefficient (Wildman–Crippen LogP) is -2.66. The van der Waals surface area contributed by atoms with Crippen molar-refractivity contribution in [2.24, 2.45) is 17.4 Å². The fourth-order valence-electron chi connectivity index (χ4n) is 1.98. The smallest absolute Gasteiger partial charge is 0.327 e. The highest BCUT2D eigenvalue weighted by molar-refractivity contribution is 7.80. The molecule has 154 valence electrons. The Morgan fingerprint density at radius 3 is 2.15 bits per heavy atom. The van der Waals surface area contributed by atoms with Gasteiger partial charge in [0.15, 0.2) is 0 Å². The number of carbonyl (C=O) groups is 5. The quantitative estimate of drug-likeness (QED) is 0.172. The maximum Gasteiger partial charge on any atom is 0.327 e. The van der Waals surface area contributed by atoms with E-state index in [0.29, 0.717) is 6.42 Å². The lowest BCUT2D eigenvalue weighted by molar-refractivity contribution is -0.141. The zero-order valence-electron chi connectivity index (χ0n) is 15.2. The molecule has 27 heavy (non-hydrogen) atoms. The summed E-state index contributed by atoms with van der Waals surface area (Å²) < 4.78 is 0. The Labute approximate surface area is 162 Å². The highest BCUT2D eigenvalue weighted by Crippen LogP contribution is 2.08. The minimum Gasteiger partial charge on any atom is -0.480 e. The first-order chi connectivity index (χ1) is 12.5. The molecule has 0 saturated carbocycles. The molecule has 0 radical (unpaired) electrons. The van der Waals surface area contributed by atoms with Crippen molar-refractivity contribution in [1.82, 2.24) is 16.0 Å². The fourth-order valence-corrected chi connectivity index (χ4v) is 2.23. The Kier molecular flexibility index (Phi) is 11.1. The Morgan fingerprint density at radius 1 is 1.11 bits per heavy atom. The molecule has 12 heteroatoms. The molecule has 11 nitrogen and oxygen atoms in total. The van der Waals surface area contributed by atoms with Gasteiger partial charge in [0.1, 0.15) is 12.1 Å². The van der Waals surface area contributed by atoms with Crippen molar-refractivity contribution in [3.8, 4) is 0 Å². The molecule has 0 fully saturated rings. The third-order valence-electron chi connectivity index (χ3n) is 3.79. The minimum atomic E-state index is -1.25. The number of hydrogen-bond acceptors (Lipinski definition) is 7. The van der Waals surface area contributed by atoms with Gasteiger partial charge in [0.2, 0.25) is 23.6 Å². The first kappa shape index (κ1) is 24.7. The molecule has 0 aromatic rings. The number of carbonyl (C=O) groups excluding carboxylic acids is 4. The van der Waals surface area contributed by atoms with Crippen molar-refractivity contribution in [2.75, 3.05) is 12.3 Å². The van der Waals surface area contributed by atoms with Crippen LogP contribution in [0, 0.1) is 5.92 Å². The Hall–Kier alpha value is -2.34. The molecule has 0 aliphatic rings. The molecule has 0 aromatic carbocycles. The lowest BCUT2D eigenvalue weighted by atomic mass is 9.98. The number of amides is 4. The molecule has 0 spiro atoms. The fraction of sp³-hybridized carbons (Fsp3) is 0.667. The number of nitrogens with two attached hydrogens (primary N) is 2. The molecule has 0 aliphatic carbocycles. The van der Waals surface area contributed by atoms with Gasteiger partial charge in [-0.25, -0.2) is 4.79 Å². The molecular weight excluding hydrogens is 378 g/mol. The lowest BCUT2D eigenvalue weighted by Crippen LogP contribution is -2.56. The summed E-state index contributed by atoms with van der Waals surface area (Å²) in [7, 11) is 0. The van der Waals surface area contributed by atoms with Crippen molar-refractivity contribution in [1.29, 1.82) is 0 Å². The number of carboxylic acids is 1. The van der Waals surface area contributed by atoms with Crippen LogP contribution in [0.2, 0.25) is 0 Å². The molecule has 0 aromatic heterocycles. The first-order valence-electron chi connectivity index (χ1n) is 8.28. The summed E-state index contributed by atoms with van der Waals surface area (Å²) in [6, 6.07) is -3.38. The van der Waals surface area contributed by atoms with Crippen LogP contribution in [0.15, 0.2) is 0 Å². The van der Waals surface area contributed by atoms with Gasteiger partial charge in [0.25, 0.3) is 0 Å². The SMILES string of the molecule is CCC(C)C(NC(=O)CNC(=O)C(N)CC(N)=O)C(=O)NC(CS)C(=O)O. The third kappa shape index (κ3) is 9.24. The standard InChI is InChI=1S/C15H27N5O6S/c1-3-7(2)12(14(24)19-9(6-27)15(25)26)20-11(22)5-18-13(23)8(16)4-10(17)21/h7-9,12,27H,3-6,16H2,1-2H3,(H2,17,21)(H,18,23)(H,19,24)(H,20,22)(H,25,26). The van der Waals surface area contributed by atoms with Crippen LogP contribution in [-0.2, 0) is 24.0 Å². The number of thiol groups is 1. The average Bonchev–Trinajstić information content (AvgIpc) is 2.60. The van der Waals surface area contributed by atoms with Crippen LogP contribution in [0.5, 0.6) is 0 Å².